The van der Waals surface area contributed by atoms with Gasteiger partial charge in [-0.3, -0.25) is 4.79 Å². The molecule has 1 rings (SSSR count). The summed E-state index contributed by atoms with van der Waals surface area (Å²) in [5.74, 6) is 1.02. The van der Waals surface area contributed by atoms with E-state index < -0.39 is 0 Å². The van der Waals surface area contributed by atoms with Gasteiger partial charge in [-0.05, 0) is 52.4 Å². The number of amides is 1. The molecule has 1 amide bonds. The standard InChI is InChI=1S/C14H28N2O/c1-5-11-6-8-12(9-7-11)15-10-13(17)16-14(2,3)4/h11-12,15H,5-10H2,1-4H3,(H,16,17). The molecule has 1 fully saturated rings. The van der Waals surface area contributed by atoms with E-state index in [-0.39, 0.29) is 11.4 Å². The van der Waals surface area contributed by atoms with Crippen molar-refractivity contribution in [3.05, 3.63) is 0 Å². The summed E-state index contributed by atoms with van der Waals surface area (Å²) in [6, 6.07) is 0.545. The third-order valence-corrected chi connectivity index (χ3v) is 3.49. The van der Waals surface area contributed by atoms with Gasteiger partial charge in [0, 0.05) is 11.6 Å². The zero-order valence-electron chi connectivity index (χ0n) is 11.8. The van der Waals surface area contributed by atoms with Crippen molar-refractivity contribution in [2.75, 3.05) is 6.54 Å². The highest BCUT2D eigenvalue weighted by molar-refractivity contribution is 5.78. The first-order valence-corrected chi connectivity index (χ1v) is 6.95. The zero-order chi connectivity index (χ0) is 12.9. The molecule has 2 N–H and O–H groups in total. The minimum Gasteiger partial charge on any atom is -0.350 e. The van der Waals surface area contributed by atoms with E-state index in [0.717, 1.165) is 5.92 Å². The maximum Gasteiger partial charge on any atom is 0.234 e. The van der Waals surface area contributed by atoms with Crippen molar-refractivity contribution >= 4 is 5.91 Å². The van der Waals surface area contributed by atoms with Crippen molar-refractivity contribution in [2.45, 2.75) is 71.4 Å². The number of carbonyl (C=O) groups excluding carboxylic acids is 1. The monoisotopic (exact) mass is 240 g/mol. The van der Waals surface area contributed by atoms with E-state index in [4.69, 9.17) is 0 Å². The average Bonchev–Trinajstić information content (AvgIpc) is 2.25. The Hall–Kier alpha value is -0.570. The summed E-state index contributed by atoms with van der Waals surface area (Å²) < 4.78 is 0. The SMILES string of the molecule is CCC1CCC(NCC(=O)NC(C)(C)C)CC1. The van der Waals surface area contributed by atoms with Crippen molar-refractivity contribution in [1.82, 2.24) is 10.6 Å². The van der Waals surface area contributed by atoms with Crippen LogP contribution in [0.4, 0.5) is 0 Å². The highest BCUT2D eigenvalue weighted by Gasteiger charge is 2.20. The van der Waals surface area contributed by atoms with Crippen LogP contribution in [0.2, 0.25) is 0 Å². The predicted molar refractivity (Wildman–Crippen MR) is 71.9 cm³/mol. The molecule has 0 aromatic carbocycles. The van der Waals surface area contributed by atoms with Crippen molar-refractivity contribution in [1.29, 1.82) is 0 Å². The molecule has 0 aliphatic heterocycles. The van der Waals surface area contributed by atoms with E-state index in [2.05, 4.69) is 17.6 Å². The lowest BCUT2D eigenvalue weighted by atomic mass is 9.84. The molecule has 0 spiro atoms. The Bertz CT molecular complexity index is 237. The maximum atomic E-state index is 11.6. The second-order valence-electron chi connectivity index (χ2n) is 6.30. The fourth-order valence-corrected chi connectivity index (χ4v) is 2.47. The lowest BCUT2D eigenvalue weighted by Gasteiger charge is -2.29. The van der Waals surface area contributed by atoms with Crippen LogP contribution in [0.1, 0.15) is 59.8 Å². The van der Waals surface area contributed by atoms with Gasteiger partial charge in [0.1, 0.15) is 0 Å². The van der Waals surface area contributed by atoms with Crippen LogP contribution in [0.25, 0.3) is 0 Å². The Morgan fingerprint density at radius 3 is 2.24 bits per heavy atom. The summed E-state index contributed by atoms with van der Waals surface area (Å²) in [5.41, 5.74) is -0.126. The molecule has 0 atom stereocenters. The maximum absolute atomic E-state index is 11.6. The molecule has 0 aromatic rings. The molecular formula is C14H28N2O. The summed E-state index contributed by atoms with van der Waals surface area (Å²) in [7, 11) is 0. The lowest BCUT2D eigenvalue weighted by molar-refractivity contribution is -0.121. The van der Waals surface area contributed by atoms with E-state index >= 15 is 0 Å². The number of hydrogen-bond acceptors (Lipinski definition) is 2. The van der Waals surface area contributed by atoms with Crippen LogP contribution >= 0.6 is 0 Å². The Morgan fingerprint density at radius 2 is 1.76 bits per heavy atom. The van der Waals surface area contributed by atoms with Crippen LogP contribution in [-0.4, -0.2) is 24.0 Å². The normalized spacial score (nSPS) is 25.6. The third kappa shape index (κ3) is 6.06. The van der Waals surface area contributed by atoms with Gasteiger partial charge in [-0.25, -0.2) is 0 Å². The molecule has 3 nitrogen and oxygen atoms in total. The number of nitrogens with one attached hydrogen (secondary N) is 2. The summed E-state index contributed by atoms with van der Waals surface area (Å²) in [6.45, 7) is 8.76. The average molecular weight is 240 g/mol. The van der Waals surface area contributed by atoms with E-state index in [9.17, 15) is 4.79 Å². The first-order chi connectivity index (χ1) is 7.90. The molecule has 0 aromatic heterocycles. The van der Waals surface area contributed by atoms with Crippen LogP contribution in [-0.2, 0) is 4.79 Å². The predicted octanol–water partition coefficient (Wildman–Crippen LogP) is 2.46. The summed E-state index contributed by atoms with van der Waals surface area (Å²) >= 11 is 0. The lowest BCUT2D eigenvalue weighted by Crippen LogP contribution is -2.47. The molecule has 1 aliphatic carbocycles. The van der Waals surface area contributed by atoms with Crippen LogP contribution in [0, 0.1) is 5.92 Å². The first kappa shape index (κ1) is 14.5. The molecule has 1 saturated carbocycles. The van der Waals surface area contributed by atoms with Crippen LogP contribution in [0.15, 0.2) is 0 Å². The molecule has 1 aliphatic rings. The Kier molecular flexibility index (Phi) is 5.44. The van der Waals surface area contributed by atoms with Crippen LogP contribution in [0.5, 0.6) is 0 Å². The van der Waals surface area contributed by atoms with Gasteiger partial charge in [0.05, 0.1) is 6.54 Å². The van der Waals surface area contributed by atoms with E-state index in [1.807, 2.05) is 20.8 Å². The largest absolute Gasteiger partial charge is 0.350 e. The molecule has 0 unspecified atom stereocenters. The van der Waals surface area contributed by atoms with Gasteiger partial charge in [0.2, 0.25) is 5.91 Å². The Morgan fingerprint density at radius 1 is 1.18 bits per heavy atom. The van der Waals surface area contributed by atoms with Crippen molar-refractivity contribution < 1.29 is 4.79 Å². The Balaban J connectivity index is 2.17. The van der Waals surface area contributed by atoms with Crippen LogP contribution in [0.3, 0.4) is 0 Å². The van der Waals surface area contributed by atoms with Gasteiger partial charge in [0.15, 0.2) is 0 Å². The van der Waals surface area contributed by atoms with Gasteiger partial charge < -0.3 is 10.6 Å². The second-order valence-corrected chi connectivity index (χ2v) is 6.30. The molecule has 0 saturated heterocycles. The molecular weight excluding hydrogens is 212 g/mol. The molecule has 100 valence electrons. The molecule has 17 heavy (non-hydrogen) atoms. The smallest absolute Gasteiger partial charge is 0.234 e. The van der Waals surface area contributed by atoms with Crippen LogP contribution < -0.4 is 10.6 Å². The molecule has 0 radical (unpaired) electrons. The van der Waals surface area contributed by atoms with E-state index in [0.29, 0.717) is 12.6 Å². The van der Waals surface area contributed by atoms with Crippen molar-refractivity contribution in [3.8, 4) is 0 Å². The molecule has 0 bridgehead atoms. The minimum absolute atomic E-state index is 0.107. The zero-order valence-corrected chi connectivity index (χ0v) is 11.8. The number of hydrogen-bond donors (Lipinski definition) is 2. The highest BCUT2D eigenvalue weighted by Crippen LogP contribution is 2.26. The van der Waals surface area contributed by atoms with Crippen molar-refractivity contribution in [3.63, 3.8) is 0 Å². The van der Waals surface area contributed by atoms with Gasteiger partial charge in [0.25, 0.3) is 0 Å². The minimum atomic E-state index is -0.126. The quantitative estimate of drug-likeness (QED) is 0.792. The topological polar surface area (TPSA) is 41.1 Å². The van der Waals surface area contributed by atoms with Gasteiger partial charge in [-0.2, -0.15) is 0 Å². The fourth-order valence-electron chi connectivity index (χ4n) is 2.47. The summed E-state index contributed by atoms with van der Waals surface area (Å²) in [5, 5.41) is 6.35. The molecule has 3 heteroatoms. The van der Waals surface area contributed by atoms with Gasteiger partial charge >= 0.3 is 0 Å². The highest BCUT2D eigenvalue weighted by atomic mass is 16.2. The van der Waals surface area contributed by atoms with Gasteiger partial charge in [-0.1, -0.05) is 13.3 Å². The molecule has 0 heterocycles. The van der Waals surface area contributed by atoms with E-state index in [1.54, 1.807) is 0 Å². The number of rotatable bonds is 4. The summed E-state index contributed by atoms with van der Waals surface area (Å²) in [6.07, 6.45) is 6.38. The third-order valence-electron chi connectivity index (χ3n) is 3.49. The van der Waals surface area contributed by atoms with E-state index in [1.165, 1.54) is 32.1 Å². The first-order valence-electron chi connectivity index (χ1n) is 6.95. The van der Waals surface area contributed by atoms with Gasteiger partial charge in [-0.15, -0.1) is 0 Å². The fraction of sp³-hybridized carbons (Fsp3) is 0.929. The summed E-state index contributed by atoms with van der Waals surface area (Å²) in [4.78, 5) is 11.6. The Labute approximate surface area is 106 Å². The second kappa shape index (κ2) is 6.39. The number of carbonyl (C=O) groups is 1. The van der Waals surface area contributed by atoms with Crippen molar-refractivity contribution in [2.24, 2.45) is 5.92 Å².